The molecule has 1 aromatic carbocycles. The van der Waals surface area contributed by atoms with Crippen LogP contribution in [0.2, 0.25) is 0 Å². The number of aromatic nitrogens is 2. The van der Waals surface area contributed by atoms with Gasteiger partial charge in [0.2, 0.25) is 0 Å². The highest BCUT2D eigenvalue weighted by atomic mass is 16.5. The summed E-state index contributed by atoms with van der Waals surface area (Å²) in [6.45, 7) is 3.25. The Hall–Kier alpha value is -3.75. The second kappa shape index (κ2) is 8.96. The average Bonchev–Trinajstić information content (AvgIpc) is 2.72. The molecular formula is C20H20N4O5. The predicted molar refractivity (Wildman–Crippen MR) is 102 cm³/mol. The van der Waals surface area contributed by atoms with Crippen molar-refractivity contribution in [2.24, 2.45) is 0 Å². The number of carbonyl (C=O) groups excluding carboxylic acids is 3. The molecule has 0 radical (unpaired) electrons. The topological polar surface area (TPSA) is 120 Å². The summed E-state index contributed by atoms with van der Waals surface area (Å²) in [5.41, 5.74) is 1.69. The van der Waals surface area contributed by atoms with Gasteiger partial charge in [-0.05, 0) is 19.4 Å². The first-order chi connectivity index (χ1) is 14.0. The summed E-state index contributed by atoms with van der Waals surface area (Å²) in [5, 5.41) is 5.24. The van der Waals surface area contributed by atoms with E-state index in [4.69, 9.17) is 9.47 Å². The fourth-order valence-electron chi connectivity index (χ4n) is 2.79. The molecule has 0 spiro atoms. The Labute approximate surface area is 167 Å². The SMILES string of the molecule is CCOC(=O)C1=C(COC(=O)c2cnc(C)cn2)NC(=O)N[C@@H]1c1ccccc1. The Morgan fingerprint density at radius 1 is 1.07 bits per heavy atom. The number of nitrogens with zero attached hydrogens (tertiary/aromatic N) is 2. The molecule has 1 aromatic heterocycles. The molecule has 0 saturated carbocycles. The fraction of sp³-hybridized carbons (Fsp3) is 0.250. The molecule has 0 bridgehead atoms. The zero-order valence-corrected chi connectivity index (χ0v) is 16.0. The highest BCUT2D eigenvalue weighted by molar-refractivity contribution is 5.95. The normalized spacial score (nSPS) is 15.9. The lowest BCUT2D eigenvalue weighted by atomic mass is 9.95. The van der Waals surface area contributed by atoms with Gasteiger partial charge in [0.1, 0.15) is 6.61 Å². The van der Waals surface area contributed by atoms with Gasteiger partial charge in [0.05, 0.1) is 35.8 Å². The number of hydrogen-bond acceptors (Lipinski definition) is 7. The molecule has 2 N–H and O–H groups in total. The molecule has 150 valence electrons. The third-order valence-corrected chi connectivity index (χ3v) is 4.12. The number of esters is 2. The van der Waals surface area contributed by atoms with E-state index < -0.39 is 24.0 Å². The summed E-state index contributed by atoms with van der Waals surface area (Å²) >= 11 is 0. The van der Waals surface area contributed by atoms with Crippen LogP contribution in [0.1, 0.15) is 34.7 Å². The maximum atomic E-state index is 12.6. The lowest BCUT2D eigenvalue weighted by molar-refractivity contribution is -0.139. The number of nitrogens with one attached hydrogen (secondary N) is 2. The summed E-state index contributed by atoms with van der Waals surface area (Å²) < 4.78 is 10.4. The molecule has 9 nitrogen and oxygen atoms in total. The summed E-state index contributed by atoms with van der Waals surface area (Å²) in [4.78, 5) is 45.0. The molecule has 2 heterocycles. The second-order valence-corrected chi connectivity index (χ2v) is 6.17. The van der Waals surface area contributed by atoms with Crippen LogP contribution >= 0.6 is 0 Å². The summed E-state index contributed by atoms with van der Waals surface area (Å²) in [5.74, 6) is -1.34. The van der Waals surface area contributed by atoms with Crippen LogP contribution in [0.25, 0.3) is 0 Å². The van der Waals surface area contributed by atoms with Crippen LogP contribution in [-0.4, -0.2) is 41.2 Å². The van der Waals surface area contributed by atoms with E-state index in [0.29, 0.717) is 11.3 Å². The van der Waals surface area contributed by atoms with Crippen molar-refractivity contribution in [3.05, 3.63) is 70.9 Å². The second-order valence-electron chi connectivity index (χ2n) is 6.17. The number of urea groups is 1. The lowest BCUT2D eigenvalue weighted by Crippen LogP contribution is -2.47. The maximum Gasteiger partial charge on any atom is 0.358 e. The highest BCUT2D eigenvalue weighted by Gasteiger charge is 2.34. The predicted octanol–water partition coefficient (Wildman–Crippen LogP) is 1.81. The minimum absolute atomic E-state index is 0.0220. The van der Waals surface area contributed by atoms with E-state index in [1.54, 1.807) is 38.1 Å². The summed E-state index contributed by atoms with van der Waals surface area (Å²) in [6.07, 6.45) is 2.74. The van der Waals surface area contributed by atoms with Gasteiger partial charge in [0.25, 0.3) is 0 Å². The van der Waals surface area contributed by atoms with Gasteiger partial charge >= 0.3 is 18.0 Å². The van der Waals surface area contributed by atoms with Gasteiger partial charge < -0.3 is 20.1 Å². The zero-order chi connectivity index (χ0) is 20.8. The Bertz CT molecular complexity index is 941. The van der Waals surface area contributed by atoms with Crippen molar-refractivity contribution in [2.45, 2.75) is 19.9 Å². The van der Waals surface area contributed by atoms with Crippen molar-refractivity contribution in [3.8, 4) is 0 Å². The van der Waals surface area contributed by atoms with Crippen molar-refractivity contribution in [3.63, 3.8) is 0 Å². The molecular weight excluding hydrogens is 376 g/mol. The van der Waals surface area contributed by atoms with Gasteiger partial charge in [-0.2, -0.15) is 0 Å². The fourth-order valence-corrected chi connectivity index (χ4v) is 2.79. The maximum absolute atomic E-state index is 12.6. The van der Waals surface area contributed by atoms with Gasteiger partial charge in [-0.3, -0.25) is 4.98 Å². The van der Waals surface area contributed by atoms with Crippen LogP contribution in [0.5, 0.6) is 0 Å². The van der Waals surface area contributed by atoms with Crippen molar-refractivity contribution < 1.29 is 23.9 Å². The molecule has 1 atom stereocenters. The van der Waals surface area contributed by atoms with Crippen LogP contribution in [0.15, 0.2) is 54.0 Å². The van der Waals surface area contributed by atoms with Gasteiger partial charge in [-0.1, -0.05) is 30.3 Å². The molecule has 2 aromatic rings. The van der Waals surface area contributed by atoms with Crippen molar-refractivity contribution in [2.75, 3.05) is 13.2 Å². The molecule has 0 aliphatic carbocycles. The Kier molecular flexibility index (Phi) is 6.18. The van der Waals surface area contributed by atoms with Crippen LogP contribution in [0, 0.1) is 6.92 Å². The molecule has 1 aliphatic heterocycles. The lowest BCUT2D eigenvalue weighted by Gasteiger charge is -2.29. The third kappa shape index (κ3) is 4.75. The quantitative estimate of drug-likeness (QED) is 0.715. The molecule has 0 unspecified atom stereocenters. The van der Waals surface area contributed by atoms with Gasteiger partial charge in [0.15, 0.2) is 5.69 Å². The zero-order valence-electron chi connectivity index (χ0n) is 16.0. The number of benzene rings is 1. The number of aryl methyl sites for hydroxylation is 1. The van der Waals surface area contributed by atoms with Crippen molar-refractivity contribution in [1.82, 2.24) is 20.6 Å². The van der Waals surface area contributed by atoms with E-state index in [0.717, 1.165) is 0 Å². The molecule has 9 heteroatoms. The standard InChI is InChI=1S/C20H20N4O5/c1-3-28-19(26)16-15(11-29-18(25)14-10-21-12(2)9-22-14)23-20(27)24-17(16)13-7-5-4-6-8-13/h4-10,17H,3,11H2,1-2H3,(H2,23,24,27)/t17-/m1/s1. The highest BCUT2D eigenvalue weighted by Crippen LogP contribution is 2.27. The minimum Gasteiger partial charge on any atom is -0.463 e. The van der Waals surface area contributed by atoms with E-state index in [9.17, 15) is 14.4 Å². The van der Waals surface area contributed by atoms with E-state index in [1.165, 1.54) is 12.4 Å². The van der Waals surface area contributed by atoms with Crippen LogP contribution < -0.4 is 10.6 Å². The first-order valence-electron chi connectivity index (χ1n) is 8.98. The van der Waals surface area contributed by atoms with E-state index in [1.807, 2.05) is 6.07 Å². The minimum atomic E-state index is -0.739. The Balaban J connectivity index is 1.89. The van der Waals surface area contributed by atoms with Crippen LogP contribution in [0.3, 0.4) is 0 Å². The largest absolute Gasteiger partial charge is 0.463 e. The molecule has 0 saturated heterocycles. The molecule has 0 fully saturated rings. The van der Waals surface area contributed by atoms with Crippen molar-refractivity contribution >= 4 is 18.0 Å². The van der Waals surface area contributed by atoms with E-state index in [-0.39, 0.29) is 30.2 Å². The van der Waals surface area contributed by atoms with Gasteiger partial charge in [-0.25, -0.2) is 19.4 Å². The number of hydrogen-bond donors (Lipinski definition) is 2. The summed E-state index contributed by atoms with van der Waals surface area (Å²) in [6, 6.07) is 7.71. The van der Waals surface area contributed by atoms with Crippen LogP contribution in [-0.2, 0) is 14.3 Å². The van der Waals surface area contributed by atoms with Crippen LogP contribution in [0.4, 0.5) is 4.79 Å². The van der Waals surface area contributed by atoms with E-state index in [2.05, 4.69) is 20.6 Å². The molecule has 3 rings (SSSR count). The number of amides is 2. The molecule has 2 amide bonds. The Morgan fingerprint density at radius 3 is 2.48 bits per heavy atom. The number of ether oxygens (including phenoxy) is 2. The third-order valence-electron chi connectivity index (χ3n) is 4.12. The molecule has 29 heavy (non-hydrogen) atoms. The smallest absolute Gasteiger partial charge is 0.358 e. The first-order valence-corrected chi connectivity index (χ1v) is 8.98. The molecule has 1 aliphatic rings. The van der Waals surface area contributed by atoms with Crippen molar-refractivity contribution in [1.29, 1.82) is 0 Å². The van der Waals surface area contributed by atoms with Gasteiger partial charge in [-0.15, -0.1) is 0 Å². The Morgan fingerprint density at radius 2 is 1.83 bits per heavy atom. The van der Waals surface area contributed by atoms with Gasteiger partial charge in [0, 0.05) is 6.20 Å². The number of rotatable bonds is 6. The average molecular weight is 396 g/mol. The van der Waals surface area contributed by atoms with E-state index >= 15 is 0 Å². The monoisotopic (exact) mass is 396 g/mol. The summed E-state index contributed by atoms with van der Waals surface area (Å²) in [7, 11) is 0. The number of carbonyl (C=O) groups is 3. The first kappa shape index (κ1) is 20.0.